The topological polar surface area (TPSA) is 79.8 Å². The van der Waals surface area contributed by atoms with Gasteiger partial charge in [-0.25, -0.2) is 9.97 Å². The van der Waals surface area contributed by atoms with Crippen LogP contribution in [-0.4, -0.2) is 79.2 Å². The van der Waals surface area contributed by atoms with E-state index in [4.69, 9.17) is 9.47 Å². The summed E-state index contributed by atoms with van der Waals surface area (Å²) in [5.74, 6) is 1.34. The molecular weight excluding hydrogens is 430 g/mol. The monoisotopic (exact) mass is 463 g/mol. The number of fused-ring (bicyclic) bond motifs is 1. The van der Waals surface area contributed by atoms with Gasteiger partial charge in [0.15, 0.2) is 11.5 Å². The van der Waals surface area contributed by atoms with Gasteiger partial charge < -0.3 is 24.6 Å². The number of methoxy groups -OCH3 is 1. The molecule has 8 nitrogen and oxygen atoms in total. The van der Waals surface area contributed by atoms with E-state index in [0.29, 0.717) is 24.5 Å². The van der Waals surface area contributed by atoms with Crippen molar-refractivity contribution < 1.29 is 14.3 Å². The molecule has 2 heterocycles. The van der Waals surface area contributed by atoms with Crippen molar-refractivity contribution >= 4 is 22.5 Å². The fourth-order valence-corrected chi connectivity index (χ4v) is 4.07. The fourth-order valence-electron chi connectivity index (χ4n) is 4.07. The van der Waals surface area contributed by atoms with Gasteiger partial charge in [-0.15, -0.1) is 0 Å². The molecule has 1 amide bonds. The van der Waals surface area contributed by atoms with E-state index in [1.54, 1.807) is 13.4 Å². The predicted octanol–water partition coefficient (Wildman–Crippen LogP) is 3.67. The van der Waals surface area contributed by atoms with Gasteiger partial charge >= 0.3 is 0 Å². The number of ether oxygens (including phenoxy) is 2. The number of nitrogens with zero attached hydrogens (tertiary/aromatic N) is 4. The molecule has 3 aromatic rings. The number of carbonyl (C=O) groups excluding carboxylic acids is 1. The first kappa shape index (κ1) is 23.9. The molecule has 1 saturated heterocycles. The summed E-state index contributed by atoms with van der Waals surface area (Å²) in [6, 6.07) is 11.5. The molecule has 0 unspecified atom stereocenters. The summed E-state index contributed by atoms with van der Waals surface area (Å²) < 4.78 is 11.7. The van der Waals surface area contributed by atoms with Gasteiger partial charge in [0, 0.05) is 61.8 Å². The summed E-state index contributed by atoms with van der Waals surface area (Å²) in [4.78, 5) is 25.5. The number of anilines is 1. The van der Waals surface area contributed by atoms with Gasteiger partial charge in [-0.2, -0.15) is 0 Å². The van der Waals surface area contributed by atoms with Crippen molar-refractivity contribution in [1.82, 2.24) is 19.8 Å². The van der Waals surface area contributed by atoms with Crippen LogP contribution in [0.2, 0.25) is 0 Å². The Bertz CT molecular complexity index is 1110. The molecule has 0 aliphatic carbocycles. The van der Waals surface area contributed by atoms with Crippen LogP contribution >= 0.6 is 0 Å². The van der Waals surface area contributed by atoms with Gasteiger partial charge in [0.05, 0.1) is 24.9 Å². The Morgan fingerprint density at radius 3 is 2.53 bits per heavy atom. The zero-order chi connectivity index (χ0) is 23.9. The number of piperazine rings is 1. The highest BCUT2D eigenvalue weighted by molar-refractivity contribution is 5.95. The molecule has 2 aromatic carbocycles. The van der Waals surface area contributed by atoms with Crippen molar-refractivity contribution in [2.24, 2.45) is 0 Å². The van der Waals surface area contributed by atoms with Crippen LogP contribution in [0.25, 0.3) is 22.2 Å². The van der Waals surface area contributed by atoms with Crippen molar-refractivity contribution in [3.63, 3.8) is 0 Å². The summed E-state index contributed by atoms with van der Waals surface area (Å²) in [7, 11) is 3.82. The van der Waals surface area contributed by atoms with Gasteiger partial charge in [0.1, 0.15) is 6.33 Å². The predicted molar refractivity (Wildman–Crippen MR) is 134 cm³/mol. The van der Waals surface area contributed by atoms with Crippen molar-refractivity contribution in [3.05, 3.63) is 42.7 Å². The number of hydrogen-bond acceptors (Lipinski definition) is 7. The van der Waals surface area contributed by atoms with Crippen molar-refractivity contribution in [2.45, 2.75) is 19.8 Å². The third-order valence-electron chi connectivity index (χ3n) is 6.16. The lowest BCUT2D eigenvalue weighted by Gasteiger charge is -2.32. The number of rotatable bonds is 9. The molecule has 0 radical (unpaired) electrons. The molecule has 0 spiro atoms. The Morgan fingerprint density at radius 1 is 1.06 bits per heavy atom. The maximum Gasteiger partial charge on any atom is 0.224 e. The molecule has 0 saturated carbocycles. The summed E-state index contributed by atoms with van der Waals surface area (Å²) >= 11 is 0. The van der Waals surface area contributed by atoms with Crippen LogP contribution in [-0.2, 0) is 4.79 Å². The van der Waals surface area contributed by atoms with E-state index >= 15 is 0 Å². The summed E-state index contributed by atoms with van der Waals surface area (Å²) in [5.41, 5.74) is 3.30. The van der Waals surface area contributed by atoms with Crippen molar-refractivity contribution in [3.8, 4) is 22.8 Å². The molecule has 4 rings (SSSR count). The number of amides is 1. The lowest BCUT2D eigenvalue weighted by molar-refractivity contribution is -0.115. The number of nitrogens with one attached hydrogen (secondary N) is 1. The molecule has 1 N–H and O–H groups in total. The molecule has 0 bridgehead atoms. The van der Waals surface area contributed by atoms with Gasteiger partial charge in [-0.3, -0.25) is 4.79 Å². The Hall–Kier alpha value is -3.23. The second-order valence-electron chi connectivity index (χ2n) is 8.57. The normalized spacial score (nSPS) is 14.8. The Labute approximate surface area is 200 Å². The van der Waals surface area contributed by atoms with E-state index in [2.05, 4.69) is 32.1 Å². The minimum atomic E-state index is -0.0129. The zero-order valence-electron chi connectivity index (χ0n) is 20.2. The second kappa shape index (κ2) is 11.3. The fraction of sp³-hybridized carbons (Fsp3) is 0.423. The molecule has 0 atom stereocenters. The number of carbonyl (C=O) groups is 1. The molecule has 1 aliphatic rings. The number of likely N-dealkylation sites (N-methyl/N-ethyl adjacent to an activating group) is 1. The molecule has 1 fully saturated rings. The average molecular weight is 464 g/mol. The van der Waals surface area contributed by atoms with Crippen LogP contribution in [0.3, 0.4) is 0 Å². The third kappa shape index (κ3) is 5.81. The smallest absolute Gasteiger partial charge is 0.224 e. The van der Waals surface area contributed by atoms with Crippen molar-refractivity contribution in [2.75, 3.05) is 58.8 Å². The first-order valence-corrected chi connectivity index (χ1v) is 11.8. The van der Waals surface area contributed by atoms with Crippen LogP contribution in [0.5, 0.6) is 11.5 Å². The quantitative estimate of drug-likeness (QED) is 0.485. The lowest BCUT2D eigenvalue weighted by Crippen LogP contribution is -2.44. The van der Waals surface area contributed by atoms with E-state index in [1.807, 2.05) is 43.3 Å². The summed E-state index contributed by atoms with van der Waals surface area (Å²) in [6.07, 6.45) is 2.97. The van der Waals surface area contributed by atoms with Crippen LogP contribution in [0.1, 0.15) is 19.8 Å². The van der Waals surface area contributed by atoms with E-state index < -0.39 is 0 Å². The SMILES string of the molecule is CCC(=O)Nc1ccc(-c2ncnc3cc(OCCCN4CCN(C)CC4)c(OC)cc23)cc1. The van der Waals surface area contributed by atoms with Gasteiger partial charge in [0.25, 0.3) is 0 Å². The van der Waals surface area contributed by atoms with Gasteiger partial charge in [-0.1, -0.05) is 19.1 Å². The first-order chi connectivity index (χ1) is 16.6. The number of aromatic nitrogens is 2. The summed E-state index contributed by atoms with van der Waals surface area (Å²) in [6.45, 7) is 7.95. The first-order valence-electron chi connectivity index (χ1n) is 11.8. The maximum absolute atomic E-state index is 11.6. The largest absolute Gasteiger partial charge is 0.493 e. The minimum absolute atomic E-state index is 0.0129. The standard InChI is InChI=1S/C26H33N5O3/c1-4-25(32)29-20-8-6-19(7-9-20)26-21-16-23(33-3)24(17-22(21)27-18-28-26)34-15-5-10-31-13-11-30(2)12-14-31/h6-9,16-18H,4-5,10-15H2,1-3H3,(H,29,32). The average Bonchev–Trinajstić information content (AvgIpc) is 2.87. The Balaban J connectivity index is 1.47. The molecule has 1 aromatic heterocycles. The third-order valence-corrected chi connectivity index (χ3v) is 6.16. The van der Waals surface area contributed by atoms with Crippen LogP contribution in [0.4, 0.5) is 5.69 Å². The molecule has 34 heavy (non-hydrogen) atoms. The van der Waals surface area contributed by atoms with E-state index in [0.717, 1.165) is 67.0 Å². The highest BCUT2D eigenvalue weighted by Crippen LogP contribution is 2.35. The number of benzene rings is 2. The summed E-state index contributed by atoms with van der Waals surface area (Å²) in [5, 5.41) is 3.75. The molecule has 8 heteroatoms. The van der Waals surface area contributed by atoms with Crippen LogP contribution in [0, 0.1) is 0 Å². The maximum atomic E-state index is 11.6. The molecule has 180 valence electrons. The Kier molecular flexibility index (Phi) is 7.92. The minimum Gasteiger partial charge on any atom is -0.493 e. The Morgan fingerprint density at radius 2 is 1.82 bits per heavy atom. The molecular formula is C26H33N5O3. The van der Waals surface area contributed by atoms with Gasteiger partial charge in [-0.05, 0) is 31.7 Å². The zero-order valence-corrected chi connectivity index (χ0v) is 20.2. The second-order valence-corrected chi connectivity index (χ2v) is 8.57. The van der Waals surface area contributed by atoms with Crippen molar-refractivity contribution in [1.29, 1.82) is 0 Å². The highest BCUT2D eigenvalue weighted by Gasteiger charge is 2.15. The van der Waals surface area contributed by atoms with E-state index in [-0.39, 0.29) is 5.91 Å². The van der Waals surface area contributed by atoms with E-state index in [1.165, 1.54) is 0 Å². The lowest BCUT2D eigenvalue weighted by atomic mass is 10.1. The highest BCUT2D eigenvalue weighted by atomic mass is 16.5. The van der Waals surface area contributed by atoms with Crippen LogP contribution < -0.4 is 14.8 Å². The van der Waals surface area contributed by atoms with Crippen LogP contribution in [0.15, 0.2) is 42.7 Å². The number of hydrogen-bond donors (Lipinski definition) is 1. The van der Waals surface area contributed by atoms with E-state index in [9.17, 15) is 4.79 Å². The van der Waals surface area contributed by atoms with Gasteiger partial charge in [0.2, 0.25) is 5.91 Å². The molecule has 1 aliphatic heterocycles.